The zero-order chi connectivity index (χ0) is 18.7. The minimum absolute atomic E-state index is 0.0901. The van der Waals surface area contributed by atoms with Gasteiger partial charge in [0, 0.05) is 25.6 Å². The molecular weight excluding hydrogens is 328 g/mol. The molecule has 0 aliphatic heterocycles. The van der Waals surface area contributed by atoms with Gasteiger partial charge in [0.05, 0.1) is 29.5 Å². The topological polar surface area (TPSA) is 70.2 Å². The normalized spacial score (nSPS) is 10.8. The number of methoxy groups -OCH3 is 1. The molecule has 0 aliphatic carbocycles. The summed E-state index contributed by atoms with van der Waals surface area (Å²) in [6.07, 6.45) is 0. The van der Waals surface area contributed by atoms with Crippen LogP contribution in [0.2, 0.25) is 0 Å². The molecule has 3 rings (SSSR count). The van der Waals surface area contributed by atoms with E-state index in [1.54, 1.807) is 7.11 Å². The van der Waals surface area contributed by atoms with Crippen LogP contribution in [0, 0.1) is 0 Å². The largest absolute Gasteiger partial charge is 0.497 e. The number of rotatable bonds is 6. The van der Waals surface area contributed by atoms with Gasteiger partial charge in [-0.15, -0.1) is 0 Å². The van der Waals surface area contributed by atoms with Crippen LogP contribution in [0.5, 0.6) is 5.75 Å². The number of hydrogen-bond acceptors (Lipinski definition) is 4. The van der Waals surface area contributed by atoms with E-state index in [2.05, 4.69) is 29.0 Å². The van der Waals surface area contributed by atoms with E-state index in [1.807, 2.05) is 36.4 Å². The van der Waals surface area contributed by atoms with Crippen molar-refractivity contribution < 1.29 is 9.53 Å². The molecule has 0 saturated carbocycles. The van der Waals surface area contributed by atoms with Gasteiger partial charge in [0.2, 0.25) is 5.91 Å². The minimum Gasteiger partial charge on any atom is -0.497 e. The number of hydrogen-bond donors (Lipinski definition) is 2. The highest BCUT2D eigenvalue weighted by atomic mass is 16.5. The molecule has 0 saturated heterocycles. The van der Waals surface area contributed by atoms with E-state index < -0.39 is 0 Å². The summed E-state index contributed by atoms with van der Waals surface area (Å²) in [5.74, 6) is 1.50. The number of amides is 1. The van der Waals surface area contributed by atoms with Gasteiger partial charge < -0.3 is 19.9 Å². The third-order valence-corrected chi connectivity index (χ3v) is 4.38. The summed E-state index contributed by atoms with van der Waals surface area (Å²) in [6, 6.07) is 11.7. The summed E-state index contributed by atoms with van der Waals surface area (Å²) in [4.78, 5) is 21.9. The van der Waals surface area contributed by atoms with Gasteiger partial charge in [0.15, 0.2) is 0 Å². The maximum atomic E-state index is 11.6. The molecule has 0 radical (unpaired) electrons. The van der Waals surface area contributed by atoms with Crippen LogP contribution in [0.3, 0.4) is 0 Å². The predicted octanol–water partition coefficient (Wildman–Crippen LogP) is 4.04. The number of carbonyl (C=O) groups is 1. The van der Waals surface area contributed by atoms with Gasteiger partial charge >= 0.3 is 0 Å². The highest BCUT2D eigenvalue weighted by Crippen LogP contribution is 2.32. The van der Waals surface area contributed by atoms with Crippen molar-refractivity contribution in [1.82, 2.24) is 9.97 Å². The lowest BCUT2D eigenvalue weighted by atomic mass is 10.2. The number of fused-ring (bicyclic) bond motifs is 1. The van der Waals surface area contributed by atoms with E-state index in [4.69, 9.17) is 9.72 Å². The number of nitrogens with zero attached hydrogens (tertiary/aromatic N) is 2. The summed E-state index contributed by atoms with van der Waals surface area (Å²) in [6.45, 7) is 7.41. The molecular formula is C20H24N4O2. The minimum atomic E-state index is -0.0901. The first-order valence-corrected chi connectivity index (χ1v) is 8.76. The molecule has 0 spiro atoms. The average Bonchev–Trinajstić information content (AvgIpc) is 3.05. The van der Waals surface area contributed by atoms with Crippen LogP contribution >= 0.6 is 0 Å². The maximum absolute atomic E-state index is 11.6. The molecule has 0 aliphatic rings. The smallest absolute Gasteiger partial charge is 0.221 e. The lowest BCUT2D eigenvalue weighted by Crippen LogP contribution is -2.23. The second kappa shape index (κ2) is 7.47. The first-order chi connectivity index (χ1) is 12.5. The van der Waals surface area contributed by atoms with Crippen molar-refractivity contribution in [2.75, 3.05) is 30.4 Å². The zero-order valence-electron chi connectivity index (χ0n) is 15.6. The van der Waals surface area contributed by atoms with Crippen molar-refractivity contribution in [2.45, 2.75) is 20.8 Å². The number of aromatic amines is 1. The summed E-state index contributed by atoms with van der Waals surface area (Å²) < 4.78 is 5.21. The zero-order valence-corrected chi connectivity index (χ0v) is 15.6. The number of benzene rings is 2. The van der Waals surface area contributed by atoms with Crippen LogP contribution in [0.25, 0.3) is 22.4 Å². The quantitative estimate of drug-likeness (QED) is 0.702. The number of imidazole rings is 1. The van der Waals surface area contributed by atoms with E-state index in [1.165, 1.54) is 6.92 Å². The molecule has 0 fully saturated rings. The lowest BCUT2D eigenvalue weighted by Gasteiger charge is -2.24. The fourth-order valence-corrected chi connectivity index (χ4v) is 3.05. The van der Waals surface area contributed by atoms with Gasteiger partial charge in [-0.3, -0.25) is 4.79 Å². The fraction of sp³-hybridized carbons (Fsp3) is 0.300. The fourth-order valence-electron chi connectivity index (χ4n) is 3.05. The molecule has 2 aromatic carbocycles. The van der Waals surface area contributed by atoms with Crippen LogP contribution in [0.1, 0.15) is 20.8 Å². The highest BCUT2D eigenvalue weighted by molar-refractivity contribution is 5.98. The van der Waals surface area contributed by atoms with E-state index >= 15 is 0 Å². The van der Waals surface area contributed by atoms with E-state index in [9.17, 15) is 4.79 Å². The maximum Gasteiger partial charge on any atom is 0.221 e. The van der Waals surface area contributed by atoms with Gasteiger partial charge in [0.25, 0.3) is 0 Å². The molecule has 1 aromatic heterocycles. The molecule has 0 bridgehead atoms. The summed E-state index contributed by atoms with van der Waals surface area (Å²) in [7, 11) is 1.65. The van der Waals surface area contributed by atoms with Crippen molar-refractivity contribution in [3.63, 3.8) is 0 Å². The van der Waals surface area contributed by atoms with Crippen molar-refractivity contribution >= 4 is 28.3 Å². The van der Waals surface area contributed by atoms with Gasteiger partial charge in [0.1, 0.15) is 11.6 Å². The second-order valence-corrected chi connectivity index (χ2v) is 6.05. The molecule has 2 N–H and O–H groups in total. The van der Waals surface area contributed by atoms with Gasteiger partial charge in [-0.2, -0.15) is 0 Å². The monoisotopic (exact) mass is 352 g/mol. The van der Waals surface area contributed by atoms with Gasteiger partial charge in [-0.25, -0.2) is 4.98 Å². The molecule has 0 atom stereocenters. The van der Waals surface area contributed by atoms with Crippen LogP contribution < -0.4 is 15.0 Å². The van der Waals surface area contributed by atoms with Crippen molar-refractivity contribution in [3.05, 3.63) is 36.4 Å². The Labute approximate surface area is 153 Å². The molecule has 3 aromatic rings. The number of ether oxygens (including phenoxy) is 1. The predicted molar refractivity (Wildman–Crippen MR) is 106 cm³/mol. The Hall–Kier alpha value is -3.02. The standard InChI is InChI=1S/C20H24N4O2/c1-5-24(6-2)19-12-17-16(11-18(19)21-13(3)25)22-20(23-17)14-7-9-15(26-4)10-8-14/h7-12H,5-6H2,1-4H3,(H,21,25)(H,22,23). The van der Waals surface area contributed by atoms with E-state index in [0.717, 1.165) is 52.6 Å². The number of H-pyrrole nitrogens is 1. The summed E-state index contributed by atoms with van der Waals surface area (Å²) in [5, 5.41) is 2.93. The Morgan fingerprint density at radius 2 is 1.88 bits per heavy atom. The molecule has 136 valence electrons. The Bertz CT molecular complexity index is 911. The molecule has 26 heavy (non-hydrogen) atoms. The third kappa shape index (κ3) is 3.49. The van der Waals surface area contributed by atoms with Crippen LogP contribution in [0.15, 0.2) is 36.4 Å². The Balaban J connectivity index is 2.08. The SMILES string of the molecule is CCN(CC)c1cc2nc(-c3ccc(OC)cc3)[nH]c2cc1NC(C)=O. The first kappa shape index (κ1) is 17.8. The summed E-state index contributed by atoms with van der Waals surface area (Å²) in [5.41, 5.74) is 4.50. The molecule has 6 heteroatoms. The van der Waals surface area contributed by atoms with Gasteiger partial charge in [-0.1, -0.05) is 0 Å². The number of nitrogens with one attached hydrogen (secondary N) is 2. The molecule has 6 nitrogen and oxygen atoms in total. The number of anilines is 2. The van der Waals surface area contributed by atoms with Crippen molar-refractivity contribution in [2.24, 2.45) is 0 Å². The number of carbonyl (C=O) groups excluding carboxylic acids is 1. The second-order valence-electron chi connectivity index (χ2n) is 6.05. The number of aromatic nitrogens is 2. The molecule has 1 amide bonds. The highest BCUT2D eigenvalue weighted by Gasteiger charge is 2.14. The van der Waals surface area contributed by atoms with Crippen molar-refractivity contribution in [1.29, 1.82) is 0 Å². The Morgan fingerprint density at radius 3 is 2.46 bits per heavy atom. The van der Waals surface area contributed by atoms with E-state index in [0.29, 0.717) is 0 Å². The van der Waals surface area contributed by atoms with Crippen LogP contribution in [-0.4, -0.2) is 36.1 Å². The average molecular weight is 352 g/mol. The summed E-state index contributed by atoms with van der Waals surface area (Å²) >= 11 is 0. The third-order valence-electron chi connectivity index (χ3n) is 4.38. The van der Waals surface area contributed by atoms with Crippen LogP contribution in [-0.2, 0) is 4.79 Å². The van der Waals surface area contributed by atoms with Crippen molar-refractivity contribution in [3.8, 4) is 17.1 Å². The molecule has 0 unspecified atom stereocenters. The molecule has 1 heterocycles. The first-order valence-electron chi connectivity index (χ1n) is 8.76. The van der Waals surface area contributed by atoms with E-state index in [-0.39, 0.29) is 5.91 Å². The van der Waals surface area contributed by atoms with Gasteiger partial charge in [-0.05, 0) is 50.2 Å². The lowest BCUT2D eigenvalue weighted by molar-refractivity contribution is -0.114. The Kier molecular flexibility index (Phi) is 5.11. The Morgan fingerprint density at radius 1 is 1.19 bits per heavy atom. The van der Waals surface area contributed by atoms with Crippen LogP contribution in [0.4, 0.5) is 11.4 Å².